The van der Waals surface area contributed by atoms with Gasteiger partial charge in [-0.05, 0) is 42.5 Å². The molecule has 0 spiro atoms. The molecule has 2 N–H and O–H groups in total. The van der Waals surface area contributed by atoms with Gasteiger partial charge in [-0.15, -0.1) is 5.11 Å². The molecule has 3 nitrogen and oxygen atoms in total. The first-order valence-electron chi connectivity index (χ1n) is 5.50. The second kappa shape index (κ2) is 5.50. The number of nitrogen functional groups attached to an aromatic ring is 1. The predicted octanol–water partition coefficient (Wildman–Crippen LogP) is 5.36. The van der Waals surface area contributed by atoms with Crippen molar-refractivity contribution in [2.75, 3.05) is 5.73 Å². The predicted molar refractivity (Wildman–Crippen MR) is 71.5 cm³/mol. The van der Waals surface area contributed by atoms with Crippen molar-refractivity contribution in [3.63, 3.8) is 0 Å². The zero-order valence-electron chi connectivity index (χ0n) is 10.0. The Balaban J connectivity index is 2.36. The molecule has 0 saturated carbocycles. The Morgan fingerprint density at radius 2 is 1.60 bits per heavy atom. The van der Waals surface area contributed by atoms with Crippen molar-refractivity contribution in [2.45, 2.75) is 6.18 Å². The van der Waals surface area contributed by atoms with E-state index in [0.717, 1.165) is 6.07 Å². The monoisotopic (exact) mass is 299 g/mol. The number of alkyl halides is 3. The molecule has 2 aromatic carbocycles. The molecule has 0 aliphatic carbocycles. The van der Waals surface area contributed by atoms with E-state index in [-0.39, 0.29) is 10.7 Å². The fourth-order valence-electron chi connectivity index (χ4n) is 1.48. The van der Waals surface area contributed by atoms with E-state index in [4.69, 9.17) is 17.3 Å². The molecular weight excluding hydrogens is 291 g/mol. The van der Waals surface area contributed by atoms with Gasteiger partial charge in [-0.3, -0.25) is 0 Å². The minimum Gasteiger partial charge on any atom is -0.399 e. The fourth-order valence-corrected chi connectivity index (χ4v) is 1.65. The Morgan fingerprint density at radius 3 is 2.20 bits per heavy atom. The van der Waals surface area contributed by atoms with Gasteiger partial charge in [0.05, 0.1) is 16.9 Å². The van der Waals surface area contributed by atoms with E-state index in [1.54, 1.807) is 24.3 Å². The molecule has 0 aromatic heterocycles. The minimum atomic E-state index is -4.54. The highest BCUT2D eigenvalue weighted by molar-refractivity contribution is 6.30. The van der Waals surface area contributed by atoms with Crippen molar-refractivity contribution in [3.8, 4) is 0 Å². The van der Waals surface area contributed by atoms with Gasteiger partial charge in [0.25, 0.3) is 0 Å². The second-order valence-electron chi connectivity index (χ2n) is 3.95. The van der Waals surface area contributed by atoms with Gasteiger partial charge in [0.2, 0.25) is 0 Å². The molecule has 0 aliphatic rings. The minimum absolute atomic E-state index is 0.0104. The lowest BCUT2D eigenvalue weighted by atomic mass is 10.2. The van der Waals surface area contributed by atoms with Gasteiger partial charge in [0.15, 0.2) is 0 Å². The molecule has 0 aliphatic heterocycles. The van der Waals surface area contributed by atoms with Crippen LogP contribution >= 0.6 is 11.6 Å². The fraction of sp³-hybridized carbons (Fsp3) is 0.0769. The zero-order chi connectivity index (χ0) is 14.8. The molecule has 0 amide bonds. The molecule has 0 heterocycles. The summed E-state index contributed by atoms with van der Waals surface area (Å²) >= 11 is 5.57. The average molecular weight is 300 g/mol. The zero-order valence-corrected chi connectivity index (χ0v) is 10.8. The molecule has 0 bridgehead atoms. The highest BCUT2D eigenvalue weighted by Gasteiger charge is 2.33. The van der Waals surface area contributed by atoms with E-state index < -0.39 is 11.7 Å². The maximum absolute atomic E-state index is 12.8. The van der Waals surface area contributed by atoms with Gasteiger partial charge < -0.3 is 5.73 Å². The number of anilines is 1. The summed E-state index contributed by atoms with van der Waals surface area (Å²) in [5, 5.41) is 7.36. The van der Waals surface area contributed by atoms with Gasteiger partial charge in [-0.1, -0.05) is 11.6 Å². The van der Waals surface area contributed by atoms with Crippen LogP contribution in [0.4, 0.5) is 30.2 Å². The van der Waals surface area contributed by atoms with E-state index in [2.05, 4.69) is 10.2 Å². The number of hydrogen-bond acceptors (Lipinski definition) is 3. The number of nitrogens with two attached hydrogens (primary N) is 1. The van der Waals surface area contributed by atoms with Crippen LogP contribution in [-0.2, 0) is 6.18 Å². The largest absolute Gasteiger partial charge is 0.418 e. The molecule has 20 heavy (non-hydrogen) atoms. The van der Waals surface area contributed by atoms with Gasteiger partial charge in [0, 0.05) is 10.7 Å². The van der Waals surface area contributed by atoms with E-state index >= 15 is 0 Å². The summed E-state index contributed by atoms with van der Waals surface area (Å²) in [6.07, 6.45) is -4.54. The first kappa shape index (κ1) is 14.3. The van der Waals surface area contributed by atoms with Crippen LogP contribution in [0.25, 0.3) is 0 Å². The number of halogens is 4. The molecular formula is C13H9ClF3N3. The third-order valence-electron chi connectivity index (χ3n) is 2.43. The van der Waals surface area contributed by atoms with Crippen molar-refractivity contribution >= 4 is 28.7 Å². The molecule has 0 saturated heterocycles. The number of benzene rings is 2. The molecule has 7 heteroatoms. The average Bonchev–Trinajstić information content (AvgIpc) is 2.38. The van der Waals surface area contributed by atoms with Gasteiger partial charge >= 0.3 is 6.18 Å². The maximum Gasteiger partial charge on any atom is 0.418 e. The smallest absolute Gasteiger partial charge is 0.399 e. The number of hydrogen-bond donors (Lipinski definition) is 1. The Kier molecular flexibility index (Phi) is 3.94. The van der Waals surface area contributed by atoms with Crippen LogP contribution in [0.2, 0.25) is 5.02 Å². The van der Waals surface area contributed by atoms with Gasteiger partial charge in [-0.25, -0.2) is 0 Å². The lowest BCUT2D eigenvalue weighted by Crippen LogP contribution is -2.04. The summed E-state index contributed by atoms with van der Waals surface area (Å²) in [4.78, 5) is 0. The second-order valence-corrected chi connectivity index (χ2v) is 4.39. The maximum atomic E-state index is 12.8. The standard InChI is InChI=1S/C13H9ClF3N3/c14-8-1-6-12(11(7-8)13(15,16)17)20-19-10-4-2-9(18)3-5-10/h1-7H,18H2. The molecule has 0 radical (unpaired) electrons. The highest BCUT2D eigenvalue weighted by atomic mass is 35.5. The molecule has 2 rings (SSSR count). The number of azo groups is 1. The Hall–Kier alpha value is -2.08. The molecule has 104 valence electrons. The SMILES string of the molecule is Nc1ccc(N=Nc2ccc(Cl)cc2C(F)(F)F)cc1. The van der Waals surface area contributed by atoms with Crippen molar-refractivity contribution < 1.29 is 13.2 Å². The van der Waals surface area contributed by atoms with Gasteiger partial charge in [0.1, 0.15) is 0 Å². The van der Waals surface area contributed by atoms with E-state index in [0.29, 0.717) is 11.4 Å². The molecule has 2 aromatic rings. The topological polar surface area (TPSA) is 50.7 Å². The molecule has 0 fully saturated rings. The Labute approximate surface area is 117 Å². The van der Waals surface area contributed by atoms with Crippen LogP contribution in [-0.4, -0.2) is 0 Å². The lowest BCUT2D eigenvalue weighted by Gasteiger charge is -2.09. The van der Waals surface area contributed by atoms with Gasteiger partial charge in [-0.2, -0.15) is 18.3 Å². The summed E-state index contributed by atoms with van der Waals surface area (Å²) in [6, 6.07) is 9.60. The quantitative estimate of drug-likeness (QED) is 0.589. The van der Waals surface area contributed by atoms with E-state index in [1.807, 2.05) is 0 Å². The third kappa shape index (κ3) is 3.48. The van der Waals surface area contributed by atoms with Crippen LogP contribution < -0.4 is 5.73 Å². The first-order valence-corrected chi connectivity index (χ1v) is 5.88. The third-order valence-corrected chi connectivity index (χ3v) is 2.67. The highest BCUT2D eigenvalue weighted by Crippen LogP contribution is 2.38. The lowest BCUT2D eigenvalue weighted by molar-refractivity contribution is -0.137. The van der Waals surface area contributed by atoms with E-state index in [9.17, 15) is 13.2 Å². The van der Waals surface area contributed by atoms with Crippen LogP contribution in [0, 0.1) is 0 Å². The summed E-state index contributed by atoms with van der Waals surface area (Å²) < 4.78 is 38.5. The van der Waals surface area contributed by atoms with Crippen molar-refractivity contribution in [1.29, 1.82) is 0 Å². The number of nitrogens with zero attached hydrogens (tertiary/aromatic N) is 2. The number of rotatable bonds is 2. The van der Waals surface area contributed by atoms with E-state index in [1.165, 1.54) is 12.1 Å². The Bertz CT molecular complexity index is 636. The van der Waals surface area contributed by atoms with Crippen molar-refractivity contribution in [2.24, 2.45) is 10.2 Å². The normalized spacial score (nSPS) is 12.0. The van der Waals surface area contributed by atoms with Crippen molar-refractivity contribution in [1.82, 2.24) is 0 Å². The summed E-state index contributed by atoms with van der Waals surface area (Å²) in [5.74, 6) is 0. The van der Waals surface area contributed by atoms with Crippen LogP contribution in [0.5, 0.6) is 0 Å². The van der Waals surface area contributed by atoms with Crippen LogP contribution in [0.15, 0.2) is 52.7 Å². The Morgan fingerprint density at radius 1 is 0.950 bits per heavy atom. The first-order chi connectivity index (χ1) is 9.36. The van der Waals surface area contributed by atoms with Crippen LogP contribution in [0.1, 0.15) is 5.56 Å². The molecule has 0 atom stereocenters. The van der Waals surface area contributed by atoms with Crippen LogP contribution in [0.3, 0.4) is 0 Å². The summed E-state index contributed by atoms with van der Waals surface area (Å²) in [5.41, 5.74) is 5.22. The summed E-state index contributed by atoms with van der Waals surface area (Å²) in [7, 11) is 0. The molecule has 0 unspecified atom stereocenters. The van der Waals surface area contributed by atoms with Crippen molar-refractivity contribution in [3.05, 3.63) is 53.1 Å². The summed E-state index contributed by atoms with van der Waals surface area (Å²) in [6.45, 7) is 0.